The maximum Gasteiger partial charge on any atom is 0.125 e. The number of benzene rings is 1. The van der Waals surface area contributed by atoms with Crippen molar-refractivity contribution in [1.29, 1.82) is 0 Å². The highest BCUT2D eigenvalue weighted by molar-refractivity contribution is 7.83. The van der Waals surface area contributed by atoms with Gasteiger partial charge in [0.25, 0.3) is 0 Å². The van der Waals surface area contributed by atoms with Gasteiger partial charge in [0.2, 0.25) is 0 Å². The van der Waals surface area contributed by atoms with Crippen LogP contribution < -0.4 is 4.72 Å². The lowest BCUT2D eigenvalue weighted by Gasteiger charge is -2.21. The molecule has 78 valence electrons. The van der Waals surface area contributed by atoms with E-state index in [0.29, 0.717) is 6.04 Å². The summed E-state index contributed by atoms with van der Waals surface area (Å²) in [6.45, 7) is 6.05. The third-order valence-corrected chi connectivity index (χ3v) is 3.42. The van der Waals surface area contributed by atoms with Crippen molar-refractivity contribution in [2.24, 2.45) is 0 Å². The van der Waals surface area contributed by atoms with Gasteiger partial charge in [-0.15, -0.1) is 0 Å². The minimum absolute atomic E-state index is 0.320. The normalized spacial score (nSPS) is 24.5. The summed E-state index contributed by atoms with van der Waals surface area (Å²) in [7, 11) is -0.995. The fourth-order valence-electron chi connectivity index (χ4n) is 1.47. The van der Waals surface area contributed by atoms with E-state index in [1.54, 1.807) is 0 Å². The summed E-state index contributed by atoms with van der Waals surface area (Å²) in [5, 5.41) is 0. The van der Waals surface area contributed by atoms with Crippen molar-refractivity contribution < 1.29 is 4.21 Å². The molecule has 1 heterocycles. The average molecular weight is 211 g/mol. The van der Waals surface area contributed by atoms with E-state index in [1.165, 1.54) is 5.56 Å². The second kappa shape index (κ2) is 5.27. The molecule has 1 aromatic carbocycles. The van der Waals surface area contributed by atoms with Crippen molar-refractivity contribution in [3.05, 3.63) is 29.8 Å². The minimum Gasteiger partial charge on any atom is -0.237 e. The van der Waals surface area contributed by atoms with Crippen LogP contribution in [0.5, 0.6) is 0 Å². The summed E-state index contributed by atoms with van der Waals surface area (Å²) >= 11 is 0. The van der Waals surface area contributed by atoms with E-state index in [0.717, 1.165) is 11.3 Å². The zero-order chi connectivity index (χ0) is 10.6. The van der Waals surface area contributed by atoms with Gasteiger partial charge in [0.15, 0.2) is 0 Å². The second-order valence-corrected chi connectivity index (χ2v) is 4.31. The van der Waals surface area contributed by atoms with E-state index in [-0.39, 0.29) is 0 Å². The van der Waals surface area contributed by atoms with Gasteiger partial charge >= 0.3 is 0 Å². The first-order chi connectivity index (χ1) is 6.77. The summed E-state index contributed by atoms with van der Waals surface area (Å²) in [5.74, 6) is 0. The second-order valence-electron chi connectivity index (χ2n) is 3.10. The van der Waals surface area contributed by atoms with Crippen LogP contribution in [0.2, 0.25) is 0 Å². The predicted octanol–water partition coefficient (Wildman–Crippen LogP) is 2.27. The van der Waals surface area contributed by atoms with Crippen LogP contribution in [0, 0.1) is 0 Å². The number of fused-ring (bicyclic) bond motifs is 1. The fraction of sp³-hybridized carbons (Fsp3) is 0.455. The highest BCUT2D eigenvalue weighted by Gasteiger charge is 2.19. The molecule has 1 N–H and O–H groups in total. The molecule has 0 radical (unpaired) electrons. The maximum absolute atomic E-state index is 11.5. The molecular formula is C11H17NOS. The molecule has 0 aliphatic carbocycles. The largest absolute Gasteiger partial charge is 0.237 e. The Kier molecular flexibility index (Phi) is 4.29. The molecule has 1 aliphatic heterocycles. The molecule has 2 atom stereocenters. The topological polar surface area (TPSA) is 29.1 Å². The van der Waals surface area contributed by atoms with Crippen LogP contribution in [-0.2, 0) is 17.4 Å². The van der Waals surface area contributed by atoms with Crippen molar-refractivity contribution >= 4 is 11.0 Å². The monoisotopic (exact) mass is 211 g/mol. The first kappa shape index (κ1) is 11.4. The van der Waals surface area contributed by atoms with Crippen molar-refractivity contribution in [2.75, 3.05) is 0 Å². The molecule has 14 heavy (non-hydrogen) atoms. The van der Waals surface area contributed by atoms with Crippen LogP contribution in [0.4, 0.5) is 0 Å². The average Bonchev–Trinajstić information content (AvgIpc) is 2.20. The molecule has 0 aromatic heterocycles. The van der Waals surface area contributed by atoms with Gasteiger partial charge in [-0.25, -0.2) is 8.93 Å². The molecule has 0 saturated heterocycles. The summed E-state index contributed by atoms with van der Waals surface area (Å²) in [4.78, 5) is 0.940. The van der Waals surface area contributed by atoms with Gasteiger partial charge in [0.05, 0.1) is 4.90 Å². The lowest BCUT2D eigenvalue weighted by Crippen LogP contribution is -2.34. The molecular weight excluding hydrogens is 194 g/mol. The Morgan fingerprint density at radius 2 is 2.00 bits per heavy atom. The van der Waals surface area contributed by atoms with Gasteiger partial charge in [-0.05, 0) is 25.0 Å². The van der Waals surface area contributed by atoms with Gasteiger partial charge in [0, 0.05) is 6.04 Å². The maximum atomic E-state index is 11.5. The number of hydrogen-bond acceptors (Lipinski definition) is 1. The van der Waals surface area contributed by atoms with Crippen LogP contribution in [-0.4, -0.2) is 10.3 Å². The third kappa shape index (κ3) is 2.42. The molecule has 0 bridgehead atoms. The quantitative estimate of drug-likeness (QED) is 0.701. The first-order valence-electron chi connectivity index (χ1n) is 5.03. The SMILES string of the molecule is CC.CC1Cc2ccccc2S(=O)N1. The third-order valence-electron chi connectivity index (χ3n) is 2.01. The zero-order valence-electron chi connectivity index (χ0n) is 8.91. The van der Waals surface area contributed by atoms with Crippen LogP contribution in [0.15, 0.2) is 29.2 Å². The van der Waals surface area contributed by atoms with Crippen molar-refractivity contribution in [1.82, 2.24) is 4.72 Å². The Morgan fingerprint density at radius 1 is 1.36 bits per heavy atom. The van der Waals surface area contributed by atoms with E-state index in [9.17, 15) is 4.21 Å². The van der Waals surface area contributed by atoms with Crippen LogP contribution in [0.25, 0.3) is 0 Å². The first-order valence-corrected chi connectivity index (χ1v) is 6.18. The summed E-state index contributed by atoms with van der Waals surface area (Å²) in [6.07, 6.45) is 0.974. The lowest BCUT2D eigenvalue weighted by molar-refractivity contribution is 0.612. The molecule has 1 aliphatic rings. The molecule has 2 unspecified atom stereocenters. The number of nitrogens with one attached hydrogen (secondary N) is 1. The van der Waals surface area contributed by atoms with Gasteiger partial charge < -0.3 is 0 Å². The molecule has 3 heteroatoms. The van der Waals surface area contributed by atoms with Crippen molar-refractivity contribution in [2.45, 2.75) is 38.1 Å². The lowest BCUT2D eigenvalue weighted by atomic mass is 10.1. The zero-order valence-corrected chi connectivity index (χ0v) is 9.73. The smallest absolute Gasteiger partial charge is 0.125 e. The highest BCUT2D eigenvalue weighted by atomic mass is 32.2. The summed E-state index contributed by atoms with van der Waals surface area (Å²) < 4.78 is 14.5. The Labute approximate surface area is 88.3 Å². The Morgan fingerprint density at radius 3 is 2.71 bits per heavy atom. The summed E-state index contributed by atoms with van der Waals surface area (Å²) in [6, 6.07) is 8.21. The molecule has 0 spiro atoms. The van der Waals surface area contributed by atoms with E-state index < -0.39 is 11.0 Å². The standard InChI is InChI=1S/C9H11NOS.C2H6/c1-7-6-8-4-2-3-5-9(8)12(11)10-7;1-2/h2-5,7,10H,6H2,1H3;1-2H3. The Hall–Kier alpha value is -0.670. The minimum atomic E-state index is -0.995. The van der Waals surface area contributed by atoms with Crippen molar-refractivity contribution in [3.8, 4) is 0 Å². The molecule has 0 amide bonds. The molecule has 0 saturated carbocycles. The summed E-state index contributed by atoms with van der Waals surface area (Å²) in [5.41, 5.74) is 1.21. The fourth-order valence-corrected chi connectivity index (χ4v) is 2.64. The van der Waals surface area contributed by atoms with Gasteiger partial charge in [-0.3, -0.25) is 0 Å². The van der Waals surface area contributed by atoms with Gasteiger partial charge in [0.1, 0.15) is 11.0 Å². The van der Waals surface area contributed by atoms with E-state index in [1.807, 2.05) is 45.0 Å². The Bertz CT molecular complexity index is 325. The molecule has 2 nitrogen and oxygen atoms in total. The van der Waals surface area contributed by atoms with Gasteiger partial charge in [-0.1, -0.05) is 32.0 Å². The van der Waals surface area contributed by atoms with E-state index in [2.05, 4.69) is 4.72 Å². The Balaban J connectivity index is 0.000000461. The van der Waals surface area contributed by atoms with Crippen molar-refractivity contribution in [3.63, 3.8) is 0 Å². The van der Waals surface area contributed by atoms with Gasteiger partial charge in [-0.2, -0.15) is 0 Å². The predicted molar refractivity (Wildman–Crippen MR) is 60.5 cm³/mol. The van der Waals surface area contributed by atoms with E-state index in [4.69, 9.17) is 0 Å². The van der Waals surface area contributed by atoms with Crippen LogP contribution in [0.3, 0.4) is 0 Å². The molecule has 2 rings (SSSR count). The number of rotatable bonds is 0. The highest BCUT2D eigenvalue weighted by Crippen LogP contribution is 2.18. The molecule has 0 fully saturated rings. The van der Waals surface area contributed by atoms with E-state index >= 15 is 0 Å². The van der Waals surface area contributed by atoms with Crippen LogP contribution >= 0.6 is 0 Å². The van der Waals surface area contributed by atoms with Crippen LogP contribution in [0.1, 0.15) is 26.3 Å². The number of hydrogen-bond donors (Lipinski definition) is 1. The molecule has 1 aromatic rings.